The Labute approximate surface area is 197 Å². The summed E-state index contributed by atoms with van der Waals surface area (Å²) in [5.74, 6) is -0.0498. The molecule has 0 radical (unpaired) electrons. The number of rotatable bonds is 6. The second-order valence-electron chi connectivity index (χ2n) is 7.85. The summed E-state index contributed by atoms with van der Waals surface area (Å²) in [6.45, 7) is 11.6. The van der Waals surface area contributed by atoms with E-state index in [1.165, 1.54) is 27.3 Å². The largest absolute Gasteiger partial charge is 0.313 e. The molecule has 0 bridgehead atoms. The normalized spacial score (nSPS) is 16.4. The summed E-state index contributed by atoms with van der Waals surface area (Å²) < 4.78 is 0. The van der Waals surface area contributed by atoms with Crippen molar-refractivity contribution in [2.45, 2.75) is 26.8 Å². The van der Waals surface area contributed by atoms with Gasteiger partial charge in [-0.2, -0.15) is 0 Å². The summed E-state index contributed by atoms with van der Waals surface area (Å²) >= 11 is 9.84. The van der Waals surface area contributed by atoms with Gasteiger partial charge in [0.15, 0.2) is 0 Å². The van der Waals surface area contributed by atoms with Crippen LogP contribution in [0.3, 0.4) is 0 Å². The van der Waals surface area contributed by atoms with Crippen molar-refractivity contribution in [3.63, 3.8) is 0 Å². The molecule has 4 rings (SSSR count). The molecule has 1 aliphatic rings. The number of hydrogen-bond donors (Lipinski definition) is 1. The monoisotopic (exact) mass is 473 g/mol. The van der Waals surface area contributed by atoms with Crippen molar-refractivity contribution in [2.75, 3.05) is 38.0 Å². The third-order valence-corrected chi connectivity index (χ3v) is 8.45. The summed E-state index contributed by atoms with van der Waals surface area (Å²) in [4.78, 5) is 19.8. The van der Waals surface area contributed by atoms with Gasteiger partial charge >= 0.3 is 0 Å². The first kappa shape index (κ1) is 22.5. The summed E-state index contributed by atoms with van der Waals surface area (Å²) in [6.07, 6.45) is 0. The third kappa shape index (κ3) is 4.73. The Kier molecular flexibility index (Phi) is 7.14. The number of halogens is 1. The molecule has 4 nitrogen and oxygen atoms in total. The fourth-order valence-electron chi connectivity index (χ4n) is 4.21. The number of nitrogens with one attached hydrogen (secondary N) is 1. The number of anilines is 1. The predicted octanol–water partition coefficient (Wildman–Crippen LogP) is 6.06. The van der Waals surface area contributed by atoms with Gasteiger partial charge in [0.05, 0.1) is 10.9 Å². The lowest BCUT2D eigenvalue weighted by Crippen LogP contribution is -2.47. The highest BCUT2D eigenvalue weighted by Crippen LogP contribution is 2.44. The first-order chi connectivity index (χ1) is 15.0. The molecule has 31 heavy (non-hydrogen) atoms. The highest BCUT2D eigenvalue weighted by molar-refractivity contribution is 7.17. The van der Waals surface area contributed by atoms with Gasteiger partial charge in [-0.3, -0.25) is 9.69 Å². The minimum absolute atomic E-state index is 0.0105. The average Bonchev–Trinajstić information content (AvgIpc) is 3.40. The van der Waals surface area contributed by atoms with Crippen molar-refractivity contribution in [3.05, 3.63) is 73.2 Å². The number of benzene rings is 1. The molecule has 3 aromatic rings. The van der Waals surface area contributed by atoms with E-state index in [9.17, 15) is 4.79 Å². The van der Waals surface area contributed by atoms with Gasteiger partial charge in [0, 0.05) is 41.6 Å². The van der Waals surface area contributed by atoms with Crippen LogP contribution in [-0.4, -0.2) is 48.4 Å². The molecule has 2 aromatic heterocycles. The Morgan fingerprint density at radius 2 is 1.87 bits per heavy atom. The zero-order valence-electron chi connectivity index (χ0n) is 18.2. The van der Waals surface area contributed by atoms with E-state index < -0.39 is 0 Å². The fraction of sp³-hybridized carbons (Fsp3) is 0.375. The van der Waals surface area contributed by atoms with Crippen LogP contribution in [0.15, 0.2) is 41.8 Å². The Hall–Kier alpha value is -1.70. The topological polar surface area (TPSA) is 35.6 Å². The maximum Gasteiger partial charge on any atom is 0.266 e. The summed E-state index contributed by atoms with van der Waals surface area (Å²) in [6, 6.07) is 11.9. The molecule has 1 aliphatic heterocycles. The molecule has 164 valence electrons. The third-order valence-electron chi connectivity index (χ3n) is 6.10. The van der Waals surface area contributed by atoms with Crippen molar-refractivity contribution >= 4 is 45.2 Å². The standard InChI is InChI=1S/C24H28ClN3OS2/c1-4-27-11-13-28(14-12-27)22(18-8-5-6-9-19(18)25)21-16(2)17(3)31-24(21)26-23(29)20-10-7-15-30-20/h5-10,15,22H,4,11-14H2,1-3H3,(H,26,29)/t22-/m0/s1. The van der Waals surface area contributed by atoms with E-state index in [0.29, 0.717) is 0 Å². The lowest BCUT2D eigenvalue weighted by atomic mass is 9.94. The average molecular weight is 474 g/mol. The molecule has 7 heteroatoms. The van der Waals surface area contributed by atoms with Crippen LogP contribution in [0, 0.1) is 13.8 Å². The quantitative estimate of drug-likeness (QED) is 0.472. The van der Waals surface area contributed by atoms with E-state index in [-0.39, 0.29) is 11.9 Å². The molecule has 1 atom stereocenters. The van der Waals surface area contributed by atoms with Gasteiger partial charge in [-0.05, 0) is 49.0 Å². The zero-order valence-corrected chi connectivity index (χ0v) is 20.5. The van der Waals surface area contributed by atoms with Crippen LogP contribution in [0.2, 0.25) is 5.02 Å². The Balaban J connectivity index is 1.76. The lowest BCUT2D eigenvalue weighted by molar-refractivity contribution is 0.102. The van der Waals surface area contributed by atoms with Crippen molar-refractivity contribution < 1.29 is 4.79 Å². The number of carbonyl (C=O) groups is 1. The molecule has 0 spiro atoms. The Morgan fingerprint density at radius 1 is 1.13 bits per heavy atom. The van der Waals surface area contributed by atoms with E-state index in [1.807, 2.05) is 29.6 Å². The lowest BCUT2D eigenvalue weighted by Gasteiger charge is -2.40. The van der Waals surface area contributed by atoms with E-state index in [4.69, 9.17) is 11.6 Å². The minimum Gasteiger partial charge on any atom is -0.313 e. The van der Waals surface area contributed by atoms with Gasteiger partial charge < -0.3 is 10.2 Å². The van der Waals surface area contributed by atoms with Crippen LogP contribution in [0.25, 0.3) is 0 Å². The van der Waals surface area contributed by atoms with Crippen LogP contribution in [0.5, 0.6) is 0 Å². The molecule has 0 unspecified atom stereocenters. The number of likely N-dealkylation sites (N-methyl/N-ethyl adjacent to an activating group) is 1. The van der Waals surface area contributed by atoms with Gasteiger partial charge in [-0.15, -0.1) is 22.7 Å². The van der Waals surface area contributed by atoms with Crippen LogP contribution >= 0.6 is 34.3 Å². The molecule has 0 saturated carbocycles. The SMILES string of the molecule is CCN1CCN([C@@H](c2ccccc2Cl)c2c(NC(=O)c3cccs3)sc(C)c2C)CC1. The van der Waals surface area contributed by atoms with Crippen molar-refractivity contribution in [2.24, 2.45) is 0 Å². The maximum atomic E-state index is 12.9. The second-order valence-corrected chi connectivity index (χ2v) is 10.4. The molecule has 1 N–H and O–H groups in total. The molecule has 0 aliphatic carbocycles. The van der Waals surface area contributed by atoms with E-state index >= 15 is 0 Å². The van der Waals surface area contributed by atoms with E-state index in [0.717, 1.165) is 53.2 Å². The smallest absolute Gasteiger partial charge is 0.266 e. The van der Waals surface area contributed by atoms with Gasteiger partial charge in [-0.1, -0.05) is 42.8 Å². The molecule has 1 saturated heterocycles. The number of hydrogen-bond acceptors (Lipinski definition) is 5. The van der Waals surface area contributed by atoms with Gasteiger partial charge in [-0.25, -0.2) is 0 Å². The summed E-state index contributed by atoms with van der Waals surface area (Å²) in [7, 11) is 0. The Morgan fingerprint density at radius 3 is 2.52 bits per heavy atom. The summed E-state index contributed by atoms with van der Waals surface area (Å²) in [5.41, 5.74) is 3.50. The first-order valence-electron chi connectivity index (χ1n) is 10.6. The number of carbonyl (C=O) groups excluding carboxylic acids is 1. The second kappa shape index (κ2) is 9.84. The predicted molar refractivity (Wildman–Crippen MR) is 133 cm³/mol. The molecular weight excluding hydrogens is 446 g/mol. The van der Waals surface area contributed by atoms with Crippen molar-refractivity contribution in [1.82, 2.24) is 9.80 Å². The minimum atomic E-state index is -0.0498. The molecule has 1 aromatic carbocycles. The fourth-order valence-corrected chi connectivity index (χ4v) is 6.15. The zero-order chi connectivity index (χ0) is 22.0. The number of thiophene rings is 2. The number of aryl methyl sites for hydroxylation is 1. The molecular formula is C24H28ClN3OS2. The van der Waals surface area contributed by atoms with Gasteiger partial charge in [0.25, 0.3) is 5.91 Å². The number of amides is 1. The van der Waals surface area contributed by atoms with Crippen LogP contribution < -0.4 is 5.32 Å². The van der Waals surface area contributed by atoms with Gasteiger partial charge in [0.1, 0.15) is 5.00 Å². The van der Waals surface area contributed by atoms with Crippen LogP contribution in [-0.2, 0) is 0 Å². The van der Waals surface area contributed by atoms with E-state index in [1.54, 1.807) is 11.3 Å². The highest BCUT2D eigenvalue weighted by Gasteiger charge is 2.32. The summed E-state index contributed by atoms with van der Waals surface area (Å²) in [5, 5.41) is 6.84. The van der Waals surface area contributed by atoms with E-state index in [2.05, 4.69) is 48.0 Å². The van der Waals surface area contributed by atoms with Gasteiger partial charge in [0.2, 0.25) is 0 Å². The van der Waals surface area contributed by atoms with Crippen LogP contribution in [0.1, 0.15) is 44.2 Å². The number of nitrogens with zero attached hydrogens (tertiary/aromatic N) is 2. The highest BCUT2D eigenvalue weighted by atomic mass is 35.5. The van der Waals surface area contributed by atoms with Crippen molar-refractivity contribution in [1.29, 1.82) is 0 Å². The molecule has 1 fully saturated rings. The maximum absolute atomic E-state index is 12.9. The molecule has 1 amide bonds. The van der Waals surface area contributed by atoms with Crippen molar-refractivity contribution in [3.8, 4) is 0 Å². The first-order valence-corrected chi connectivity index (χ1v) is 12.7. The van der Waals surface area contributed by atoms with Crippen LogP contribution in [0.4, 0.5) is 5.00 Å². The Bertz CT molecular complexity index is 1040. The molecule has 3 heterocycles. The number of piperazine rings is 1.